The number of amides is 1. The molecule has 7 heteroatoms. The fourth-order valence-electron chi connectivity index (χ4n) is 0.556. The number of sulfonamides is 1. The molecule has 1 aliphatic rings. The van der Waals surface area contributed by atoms with Crippen LogP contribution in [0.3, 0.4) is 0 Å². The van der Waals surface area contributed by atoms with Crippen molar-refractivity contribution in [2.45, 2.75) is 5.92 Å². The van der Waals surface area contributed by atoms with Gasteiger partial charge in [0, 0.05) is 0 Å². The molecule has 0 aromatic heterocycles. The fourth-order valence-corrected chi connectivity index (χ4v) is 1.67. The summed E-state index contributed by atoms with van der Waals surface area (Å²) in [5, 5.41) is 0. The molecule has 0 aliphatic carbocycles. The molecule has 10 heavy (non-hydrogen) atoms. The molecule has 0 aromatic carbocycles. The van der Waals surface area contributed by atoms with Gasteiger partial charge in [-0.05, 0) is 0 Å². The van der Waals surface area contributed by atoms with Gasteiger partial charge in [-0.15, -0.1) is 0 Å². The second kappa shape index (κ2) is 1.66. The SMILES string of the molecule is O=C1NS(=O)(=O)CC1(F)F. The average molecular weight is 171 g/mol. The molecular weight excluding hydrogens is 168 g/mol. The first-order valence-corrected chi connectivity index (χ1v) is 3.91. The molecule has 0 unspecified atom stereocenters. The van der Waals surface area contributed by atoms with Crippen LogP contribution in [-0.4, -0.2) is 26.0 Å². The number of hydrogen-bond donors (Lipinski definition) is 1. The largest absolute Gasteiger partial charge is 0.341 e. The highest BCUT2D eigenvalue weighted by Crippen LogP contribution is 2.21. The molecular formula is C3H3F2NO3S. The lowest BCUT2D eigenvalue weighted by atomic mass is 10.4. The van der Waals surface area contributed by atoms with Crippen LogP contribution in [-0.2, 0) is 14.8 Å². The molecule has 1 amide bonds. The minimum Gasteiger partial charge on any atom is -0.267 e. The summed E-state index contributed by atoms with van der Waals surface area (Å²) in [6, 6.07) is 0. The first-order valence-electron chi connectivity index (χ1n) is 2.26. The lowest BCUT2D eigenvalue weighted by Gasteiger charge is -1.97. The molecule has 0 spiro atoms. The van der Waals surface area contributed by atoms with Crippen molar-refractivity contribution < 1.29 is 22.0 Å². The molecule has 0 saturated carbocycles. The van der Waals surface area contributed by atoms with Gasteiger partial charge in [-0.3, -0.25) is 4.79 Å². The molecule has 1 fully saturated rings. The lowest BCUT2D eigenvalue weighted by Crippen LogP contribution is -2.30. The minimum atomic E-state index is -4.05. The second-order valence-electron chi connectivity index (χ2n) is 1.89. The average Bonchev–Trinajstić information content (AvgIpc) is 1.73. The van der Waals surface area contributed by atoms with Gasteiger partial charge in [0.2, 0.25) is 10.0 Å². The Labute approximate surface area is 55.3 Å². The molecule has 58 valence electrons. The van der Waals surface area contributed by atoms with Gasteiger partial charge in [-0.1, -0.05) is 0 Å². The monoisotopic (exact) mass is 171 g/mol. The van der Waals surface area contributed by atoms with Crippen LogP contribution in [0.4, 0.5) is 8.78 Å². The van der Waals surface area contributed by atoms with Crippen LogP contribution in [0.1, 0.15) is 0 Å². The summed E-state index contributed by atoms with van der Waals surface area (Å²) in [5.74, 6) is -6.93. The van der Waals surface area contributed by atoms with Crippen LogP contribution in [0, 0.1) is 0 Å². The van der Waals surface area contributed by atoms with Crippen molar-refractivity contribution in [1.29, 1.82) is 0 Å². The van der Waals surface area contributed by atoms with Gasteiger partial charge in [0.05, 0.1) is 0 Å². The lowest BCUT2D eigenvalue weighted by molar-refractivity contribution is -0.138. The van der Waals surface area contributed by atoms with E-state index in [4.69, 9.17) is 0 Å². The normalized spacial score (nSPS) is 28.0. The van der Waals surface area contributed by atoms with Crippen LogP contribution in [0.5, 0.6) is 0 Å². The third-order valence-corrected chi connectivity index (χ3v) is 2.19. The number of rotatable bonds is 0. The van der Waals surface area contributed by atoms with Crippen LogP contribution in [0.25, 0.3) is 0 Å². The number of nitrogens with one attached hydrogen (secondary N) is 1. The smallest absolute Gasteiger partial charge is 0.267 e. The number of alkyl halides is 2. The zero-order valence-corrected chi connectivity index (χ0v) is 5.41. The van der Waals surface area contributed by atoms with E-state index >= 15 is 0 Å². The van der Waals surface area contributed by atoms with Crippen molar-refractivity contribution in [3.05, 3.63) is 0 Å². The molecule has 0 aromatic rings. The van der Waals surface area contributed by atoms with Gasteiger partial charge < -0.3 is 0 Å². The molecule has 1 N–H and O–H groups in total. The van der Waals surface area contributed by atoms with Crippen molar-refractivity contribution in [1.82, 2.24) is 4.72 Å². The summed E-state index contributed by atoms with van der Waals surface area (Å²) in [5.41, 5.74) is 0. The van der Waals surface area contributed by atoms with Crippen molar-refractivity contribution in [3.63, 3.8) is 0 Å². The van der Waals surface area contributed by atoms with Gasteiger partial charge in [-0.25, -0.2) is 13.1 Å². The Morgan fingerprint density at radius 1 is 1.50 bits per heavy atom. The van der Waals surface area contributed by atoms with Crippen LogP contribution >= 0.6 is 0 Å². The van der Waals surface area contributed by atoms with E-state index in [1.54, 1.807) is 0 Å². The number of carbonyl (C=O) groups excluding carboxylic acids is 1. The fraction of sp³-hybridized carbons (Fsp3) is 0.667. The Kier molecular flexibility index (Phi) is 1.22. The van der Waals surface area contributed by atoms with Crippen LogP contribution in [0.2, 0.25) is 0 Å². The maximum Gasteiger partial charge on any atom is 0.341 e. The van der Waals surface area contributed by atoms with E-state index < -0.39 is 27.6 Å². The molecule has 0 atom stereocenters. The summed E-state index contributed by atoms with van der Waals surface area (Å²) in [7, 11) is -4.05. The zero-order valence-electron chi connectivity index (χ0n) is 4.60. The predicted octanol–water partition coefficient (Wildman–Crippen LogP) is -0.919. The Bertz CT molecular complexity index is 269. The zero-order chi connectivity index (χ0) is 7.99. The van der Waals surface area contributed by atoms with Gasteiger partial charge in [0.1, 0.15) is 5.75 Å². The number of carbonyl (C=O) groups is 1. The van der Waals surface area contributed by atoms with E-state index in [2.05, 4.69) is 0 Å². The summed E-state index contributed by atoms with van der Waals surface area (Å²) in [4.78, 5) is 10.1. The Morgan fingerprint density at radius 2 is 2.00 bits per heavy atom. The van der Waals surface area contributed by atoms with E-state index in [0.29, 0.717) is 0 Å². The summed E-state index contributed by atoms with van der Waals surface area (Å²) in [6.45, 7) is 0. The van der Waals surface area contributed by atoms with E-state index in [9.17, 15) is 22.0 Å². The topological polar surface area (TPSA) is 63.2 Å². The highest BCUT2D eigenvalue weighted by atomic mass is 32.2. The highest BCUT2D eigenvalue weighted by molar-refractivity contribution is 7.90. The Morgan fingerprint density at radius 3 is 2.10 bits per heavy atom. The number of halogens is 2. The molecule has 4 nitrogen and oxygen atoms in total. The van der Waals surface area contributed by atoms with Crippen molar-refractivity contribution in [2.24, 2.45) is 0 Å². The predicted molar refractivity (Wildman–Crippen MR) is 26.9 cm³/mol. The van der Waals surface area contributed by atoms with E-state index in [1.807, 2.05) is 0 Å². The van der Waals surface area contributed by atoms with E-state index in [1.165, 1.54) is 4.72 Å². The summed E-state index contributed by atoms with van der Waals surface area (Å²) in [6.07, 6.45) is 0. The first-order chi connectivity index (χ1) is 4.33. The summed E-state index contributed by atoms with van der Waals surface area (Å²) < 4.78 is 45.7. The number of hydrogen-bond acceptors (Lipinski definition) is 3. The standard InChI is InChI=1S/C3H3F2NO3S/c4-3(5)1-10(8,9)6-2(3)7/h1H2,(H,6,7). The third-order valence-electron chi connectivity index (χ3n) is 0.952. The molecule has 0 bridgehead atoms. The van der Waals surface area contributed by atoms with Crippen LogP contribution in [0.15, 0.2) is 0 Å². The molecule has 0 radical (unpaired) electrons. The Balaban J connectivity index is 3.03. The van der Waals surface area contributed by atoms with Crippen molar-refractivity contribution in [3.8, 4) is 0 Å². The van der Waals surface area contributed by atoms with Gasteiger partial charge in [0.15, 0.2) is 0 Å². The molecule has 1 rings (SSSR count). The quantitative estimate of drug-likeness (QED) is 0.512. The highest BCUT2D eigenvalue weighted by Gasteiger charge is 2.51. The van der Waals surface area contributed by atoms with Crippen molar-refractivity contribution >= 4 is 15.9 Å². The van der Waals surface area contributed by atoms with Crippen molar-refractivity contribution in [2.75, 3.05) is 5.75 Å². The maximum atomic E-state index is 12.0. The Hall–Kier alpha value is -0.720. The van der Waals surface area contributed by atoms with Gasteiger partial charge in [0.25, 0.3) is 0 Å². The maximum absolute atomic E-state index is 12.0. The first kappa shape index (κ1) is 7.39. The second-order valence-corrected chi connectivity index (χ2v) is 3.62. The minimum absolute atomic E-state index is 1.17. The third kappa shape index (κ3) is 1.08. The van der Waals surface area contributed by atoms with Gasteiger partial charge in [-0.2, -0.15) is 8.78 Å². The molecule has 1 saturated heterocycles. The molecule has 1 aliphatic heterocycles. The summed E-state index contributed by atoms with van der Waals surface area (Å²) >= 11 is 0. The van der Waals surface area contributed by atoms with E-state index in [0.717, 1.165) is 0 Å². The van der Waals surface area contributed by atoms with Crippen LogP contribution < -0.4 is 4.72 Å². The van der Waals surface area contributed by atoms with E-state index in [-0.39, 0.29) is 0 Å². The van der Waals surface area contributed by atoms with Gasteiger partial charge >= 0.3 is 11.8 Å². The molecule has 1 heterocycles.